The molecule has 14 heteroatoms. The van der Waals surface area contributed by atoms with E-state index in [1.54, 1.807) is 0 Å². The summed E-state index contributed by atoms with van der Waals surface area (Å²) in [5, 5.41) is 50.2. The first-order chi connectivity index (χ1) is 31.4. The third-order valence-electron chi connectivity index (χ3n) is 10.7. The Kier molecular flexibility index (Phi) is 37.1. The Morgan fingerprint density at radius 2 is 0.892 bits per heavy atom. The Balaban J connectivity index is 2.50. The van der Waals surface area contributed by atoms with Crippen molar-refractivity contribution in [3.8, 4) is 0 Å². The highest BCUT2D eigenvalue weighted by Gasteiger charge is 2.51. The SMILES string of the molecule is CC/C=C/C/C=C/C/C=C/C/C=C/C/C=C/CCCCCC(=O)OC[C@@H](COP(=O)(O)OC1C(O)C(O)C(O)[C@H](O)C1O)OC(=O)CCC/C=C/C/C=C/CCCCCCCCCCC. The first-order valence-electron chi connectivity index (χ1n) is 24.4. The fourth-order valence-electron chi connectivity index (χ4n) is 6.82. The number of unbranched alkanes of at least 4 members (excludes halogenated alkanes) is 13. The Morgan fingerprint density at radius 1 is 0.492 bits per heavy atom. The lowest BCUT2D eigenvalue weighted by atomic mass is 9.85. The highest BCUT2D eigenvalue weighted by atomic mass is 31.2. The van der Waals surface area contributed by atoms with E-state index < -0.39 is 75.7 Å². The van der Waals surface area contributed by atoms with Crippen molar-refractivity contribution < 1.29 is 63.1 Å². The van der Waals surface area contributed by atoms with Crippen molar-refractivity contribution in [2.75, 3.05) is 13.2 Å². The normalized spacial score (nSPS) is 22.2. The molecule has 0 aliphatic heterocycles. The molecule has 8 atom stereocenters. The van der Waals surface area contributed by atoms with E-state index in [4.69, 9.17) is 18.5 Å². The van der Waals surface area contributed by atoms with Crippen molar-refractivity contribution in [1.29, 1.82) is 0 Å². The molecule has 6 N–H and O–H groups in total. The second-order valence-electron chi connectivity index (χ2n) is 16.6. The van der Waals surface area contributed by atoms with Gasteiger partial charge in [-0.05, 0) is 83.5 Å². The second-order valence-corrected chi connectivity index (χ2v) is 18.0. The zero-order valence-electron chi connectivity index (χ0n) is 39.5. The lowest BCUT2D eigenvalue weighted by molar-refractivity contribution is -0.220. The van der Waals surface area contributed by atoms with Crippen LogP contribution >= 0.6 is 7.82 Å². The molecule has 0 amide bonds. The molecule has 0 bridgehead atoms. The van der Waals surface area contributed by atoms with E-state index in [0.717, 1.165) is 64.2 Å². The van der Waals surface area contributed by atoms with Gasteiger partial charge in [-0.3, -0.25) is 18.6 Å². The van der Waals surface area contributed by atoms with Crippen molar-refractivity contribution in [1.82, 2.24) is 0 Å². The number of aliphatic hydroxyl groups is 5. The van der Waals surface area contributed by atoms with E-state index in [9.17, 15) is 44.6 Å². The van der Waals surface area contributed by atoms with Crippen LogP contribution < -0.4 is 0 Å². The molecule has 0 aromatic heterocycles. The van der Waals surface area contributed by atoms with Crippen LogP contribution in [0.2, 0.25) is 0 Å². The lowest BCUT2D eigenvalue weighted by Gasteiger charge is -2.41. The summed E-state index contributed by atoms with van der Waals surface area (Å²) in [6.45, 7) is 3.12. The quantitative estimate of drug-likeness (QED) is 0.0147. The Hall–Kier alpha value is -2.97. The maximum absolute atomic E-state index is 12.8. The zero-order chi connectivity index (χ0) is 47.8. The smallest absolute Gasteiger partial charge is 0.462 e. The van der Waals surface area contributed by atoms with Crippen molar-refractivity contribution >= 4 is 19.8 Å². The Bertz CT molecular complexity index is 1460. The van der Waals surface area contributed by atoms with Crippen LogP contribution in [0.4, 0.5) is 0 Å². The van der Waals surface area contributed by atoms with E-state index in [-0.39, 0.29) is 12.8 Å². The number of rotatable bonds is 39. The van der Waals surface area contributed by atoms with Gasteiger partial charge in [0.2, 0.25) is 0 Å². The first-order valence-corrected chi connectivity index (χ1v) is 25.9. The van der Waals surface area contributed by atoms with E-state index >= 15 is 0 Å². The lowest BCUT2D eigenvalue weighted by Crippen LogP contribution is -2.64. The van der Waals surface area contributed by atoms with Crippen LogP contribution in [-0.4, -0.2) is 98.3 Å². The molecule has 1 saturated carbocycles. The number of carbonyl (C=O) groups excluding carboxylic acids is 2. The van der Waals surface area contributed by atoms with Gasteiger partial charge in [0.25, 0.3) is 0 Å². The summed E-state index contributed by atoms with van der Waals surface area (Å²) in [4.78, 5) is 35.7. The molecule has 6 unspecified atom stereocenters. The minimum Gasteiger partial charge on any atom is -0.462 e. The minimum atomic E-state index is -5.14. The largest absolute Gasteiger partial charge is 0.472 e. The average molecular weight is 937 g/mol. The molecule has 0 spiro atoms. The molecule has 0 heterocycles. The molecule has 0 saturated heterocycles. The van der Waals surface area contributed by atoms with Crippen LogP contribution in [0.3, 0.4) is 0 Å². The molecule has 13 nitrogen and oxygen atoms in total. The van der Waals surface area contributed by atoms with E-state index in [2.05, 4.69) is 86.8 Å². The predicted octanol–water partition coefficient (Wildman–Crippen LogP) is 10.1. The van der Waals surface area contributed by atoms with Crippen molar-refractivity contribution in [2.24, 2.45) is 0 Å². The fourth-order valence-corrected chi connectivity index (χ4v) is 7.80. The summed E-state index contributed by atoms with van der Waals surface area (Å²) in [5.74, 6) is -1.20. The maximum atomic E-state index is 12.8. The number of esters is 2. The molecular formula is C51H85O13P. The molecule has 65 heavy (non-hydrogen) atoms. The minimum absolute atomic E-state index is 0.0208. The van der Waals surface area contributed by atoms with Gasteiger partial charge < -0.3 is 39.9 Å². The van der Waals surface area contributed by atoms with Crippen LogP contribution in [0.5, 0.6) is 0 Å². The third kappa shape index (κ3) is 32.4. The van der Waals surface area contributed by atoms with Crippen LogP contribution in [0.15, 0.2) is 85.1 Å². The molecule has 1 aliphatic carbocycles. The van der Waals surface area contributed by atoms with Crippen LogP contribution in [0.1, 0.15) is 168 Å². The van der Waals surface area contributed by atoms with Gasteiger partial charge >= 0.3 is 19.8 Å². The second kappa shape index (κ2) is 40.1. The molecule has 0 aromatic rings. The van der Waals surface area contributed by atoms with Gasteiger partial charge in [0, 0.05) is 12.8 Å². The Labute approximate surface area is 390 Å². The molecular weight excluding hydrogens is 852 g/mol. The summed E-state index contributed by atoms with van der Waals surface area (Å²) >= 11 is 0. The third-order valence-corrected chi connectivity index (χ3v) is 11.7. The van der Waals surface area contributed by atoms with Crippen molar-refractivity contribution in [3.63, 3.8) is 0 Å². The van der Waals surface area contributed by atoms with Gasteiger partial charge in [0.1, 0.15) is 43.2 Å². The molecule has 0 aromatic carbocycles. The fraction of sp³-hybridized carbons (Fsp3) is 0.686. The van der Waals surface area contributed by atoms with E-state index in [0.29, 0.717) is 19.3 Å². The predicted molar refractivity (Wildman–Crippen MR) is 258 cm³/mol. The van der Waals surface area contributed by atoms with E-state index in [1.165, 1.54) is 57.8 Å². The maximum Gasteiger partial charge on any atom is 0.472 e. The molecule has 1 aliphatic rings. The summed E-state index contributed by atoms with van der Waals surface area (Å²) in [6, 6.07) is 0. The highest BCUT2D eigenvalue weighted by Crippen LogP contribution is 2.47. The monoisotopic (exact) mass is 937 g/mol. The highest BCUT2D eigenvalue weighted by molar-refractivity contribution is 7.47. The van der Waals surface area contributed by atoms with Gasteiger partial charge in [-0.1, -0.05) is 157 Å². The molecule has 1 fully saturated rings. The summed E-state index contributed by atoms with van der Waals surface area (Å²) in [6.07, 6.45) is 39.3. The number of carbonyl (C=O) groups is 2. The Morgan fingerprint density at radius 3 is 1.38 bits per heavy atom. The van der Waals surface area contributed by atoms with Gasteiger partial charge in [-0.2, -0.15) is 0 Å². The summed E-state index contributed by atoms with van der Waals surface area (Å²) < 4.78 is 33.5. The summed E-state index contributed by atoms with van der Waals surface area (Å²) in [5.41, 5.74) is 0. The number of hydrogen-bond donors (Lipinski definition) is 6. The van der Waals surface area contributed by atoms with Gasteiger partial charge in [-0.25, -0.2) is 4.57 Å². The molecule has 1 rings (SSSR count). The van der Waals surface area contributed by atoms with Gasteiger partial charge in [0.15, 0.2) is 6.10 Å². The number of aliphatic hydroxyl groups excluding tert-OH is 5. The number of hydrogen-bond acceptors (Lipinski definition) is 12. The topological polar surface area (TPSA) is 210 Å². The first kappa shape index (κ1) is 60.0. The van der Waals surface area contributed by atoms with Crippen LogP contribution in [0.25, 0.3) is 0 Å². The standard InChI is InChI=1S/C51H85O13P/c1-3-5-7-9-11-13-15-17-19-21-22-24-25-27-29-31-33-35-37-39-44(52)61-41-43(42-62-65(59,60)64-51-49(57)47(55)46(54)48(56)50(51)58)63-45(53)40-38-36-34-32-30-28-26-23-20-18-16-14-12-10-8-6-4-2/h5,7,11,13,17,19,22,24,26-29,32,34,43,46-51,54-58H,3-4,6,8-10,12,14-16,18,20-21,23,25,30-31,33,35-42H2,1-2H3,(H,59,60)/b7-5+,13-11+,19-17+,24-22+,28-26+,29-27+,34-32+/t43-,46?,47-,48?,49?,50?,51?/m0/s1. The number of phosphoric ester groups is 1. The van der Waals surface area contributed by atoms with Crippen LogP contribution in [0, 0.1) is 0 Å². The molecule has 372 valence electrons. The zero-order valence-corrected chi connectivity index (χ0v) is 40.4. The number of phosphoric acid groups is 1. The molecule has 0 radical (unpaired) electrons. The van der Waals surface area contributed by atoms with E-state index in [1.807, 2.05) is 12.2 Å². The number of allylic oxidation sites excluding steroid dienone is 14. The number of ether oxygens (including phenoxy) is 2. The van der Waals surface area contributed by atoms with Gasteiger partial charge in [-0.15, -0.1) is 0 Å². The summed E-state index contributed by atoms with van der Waals surface area (Å²) in [7, 11) is -5.14. The van der Waals surface area contributed by atoms with Crippen molar-refractivity contribution in [2.45, 2.75) is 211 Å². The average Bonchev–Trinajstić information content (AvgIpc) is 3.29. The van der Waals surface area contributed by atoms with Gasteiger partial charge in [0.05, 0.1) is 6.61 Å². The van der Waals surface area contributed by atoms with Crippen molar-refractivity contribution in [3.05, 3.63) is 85.1 Å². The van der Waals surface area contributed by atoms with Crippen LogP contribution in [-0.2, 0) is 32.7 Å².